The predicted molar refractivity (Wildman–Crippen MR) is 153 cm³/mol. The van der Waals surface area contributed by atoms with Gasteiger partial charge in [-0.25, -0.2) is 19.3 Å². The Kier molecular flexibility index (Phi) is 5.57. The smallest absolute Gasteiger partial charge is 0.278 e. The molecular weight excluding hydrogens is 490 g/mol. The second-order valence-electron chi connectivity index (χ2n) is 10.9. The molecule has 0 unspecified atom stereocenters. The van der Waals surface area contributed by atoms with Gasteiger partial charge < -0.3 is 15.1 Å². The Morgan fingerprint density at radius 2 is 1.79 bits per heavy atom. The SMILES string of the molecule is C=CCn1c(=O)c2cnc(Nc3ccc(N4CCN(C)CC4)cc3)nc2n1-c1ccc2c(n1)C1(CC1)N(C)C2. The van der Waals surface area contributed by atoms with Crippen LogP contribution in [0.4, 0.5) is 17.3 Å². The van der Waals surface area contributed by atoms with Crippen LogP contribution in [0.15, 0.2) is 60.0 Å². The molecule has 7 rings (SSSR count). The van der Waals surface area contributed by atoms with Crippen LogP contribution < -0.4 is 15.8 Å². The number of pyridine rings is 1. The maximum atomic E-state index is 13.4. The van der Waals surface area contributed by atoms with E-state index in [0.29, 0.717) is 29.3 Å². The molecule has 3 aromatic heterocycles. The molecule has 0 amide bonds. The van der Waals surface area contributed by atoms with Crippen LogP contribution in [0.2, 0.25) is 0 Å². The first kappa shape index (κ1) is 24.1. The zero-order chi connectivity index (χ0) is 26.7. The number of fused-ring (bicyclic) bond motifs is 3. The average molecular weight is 524 g/mol. The van der Waals surface area contributed by atoms with Gasteiger partial charge in [0, 0.05) is 50.3 Å². The molecule has 0 atom stereocenters. The van der Waals surface area contributed by atoms with Crippen molar-refractivity contribution in [2.24, 2.45) is 0 Å². The zero-order valence-electron chi connectivity index (χ0n) is 22.5. The molecule has 4 aromatic rings. The van der Waals surface area contributed by atoms with E-state index in [2.05, 4.69) is 63.9 Å². The molecule has 1 N–H and O–H groups in total. The molecule has 1 aliphatic carbocycles. The van der Waals surface area contributed by atoms with Gasteiger partial charge in [0.15, 0.2) is 11.5 Å². The molecule has 0 radical (unpaired) electrons. The van der Waals surface area contributed by atoms with Crippen LogP contribution in [0.1, 0.15) is 24.1 Å². The topological polar surface area (TPSA) is 87.3 Å². The minimum Gasteiger partial charge on any atom is -0.369 e. The van der Waals surface area contributed by atoms with E-state index in [1.807, 2.05) is 22.9 Å². The summed E-state index contributed by atoms with van der Waals surface area (Å²) in [6, 6.07) is 12.5. The average Bonchev–Trinajstić information content (AvgIpc) is 3.65. The number of aromatic nitrogens is 5. The van der Waals surface area contributed by atoms with Gasteiger partial charge in [0.1, 0.15) is 5.39 Å². The second kappa shape index (κ2) is 9.03. The van der Waals surface area contributed by atoms with Gasteiger partial charge >= 0.3 is 0 Å². The van der Waals surface area contributed by atoms with Crippen molar-refractivity contribution < 1.29 is 0 Å². The van der Waals surface area contributed by atoms with E-state index < -0.39 is 0 Å². The number of likely N-dealkylation sites (N-methyl/N-ethyl adjacent to an activating group) is 1. The number of piperazine rings is 1. The highest BCUT2D eigenvalue weighted by atomic mass is 16.1. The molecule has 200 valence electrons. The summed E-state index contributed by atoms with van der Waals surface area (Å²) < 4.78 is 3.45. The summed E-state index contributed by atoms with van der Waals surface area (Å²) in [6.07, 6.45) is 5.55. The van der Waals surface area contributed by atoms with Crippen LogP contribution in [-0.4, -0.2) is 74.4 Å². The van der Waals surface area contributed by atoms with Crippen LogP contribution in [0.25, 0.3) is 16.9 Å². The monoisotopic (exact) mass is 523 g/mol. The van der Waals surface area contributed by atoms with Gasteiger partial charge in [-0.2, -0.15) is 4.98 Å². The Hall–Kier alpha value is -4.02. The summed E-state index contributed by atoms with van der Waals surface area (Å²) >= 11 is 0. The lowest BCUT2D eigenvalue weighted by molar-refractivity contribution is 0.243. The Morgan fingerprint density at radius 1 is 1.03 bits per heavy atom. The number of nitrogens with one attached hydrogen (secondary N) is 1. The van der Waals surface area contributed by atoms with Gasteiger partial charge in [0.05, 0.1) is 17.8 Å². The van der Waals surface area contributed by atoms with Gasteiger partial charge in [-0.15, -0.1) is 6.58 Å². The number of nitrogens with zero attached hydrogens (tertiary/aromatic N) is 8. The first-order chi connectivity index (χ1) is 19.0. The molecule has 1 spiro atoms. The Bertz CT molecular complexity index is 1630. The van der Waals surface area contributed by atoms with Crippen molar-refractivity contribution in [2.45, 2.75) is 31.5 Å². The Balaban J connectivity index is 1.24. The Labute approximate surface area is 227 Å². The lowest BCUT2D eigenvalue weighted by Gasteiger charge is -2.34. The van der Waals surface area contributed by atoms with Crippen molar-refractivity contribution in [3.05, 3.63) is 76.9 Å². The molecule has 1 saturated carbocycles. The quantitative estimate of drug-likeness (QED) is 0.386. The molecule has 3 aliphatic rings. The lowest BCUT2D eigenvalue weighted by Crippen LogP contribution is -2.44. The molecule has 10 nitrogen and oxygen atoms in total. The summed E-state index contributed by atoms with van der Waals surface area (Å²) in [4.78, 5) is 34.9. The van der Waals surface area contributed by atoms with Gasteiger partial charge in [-0.3, -0.25) is 9.69 Å². The largest absolute Gasteiger partial charge is 0.369 e. The highest BCUT2D eigenvalue weighted by Crippen LogP contribution is 2.55. The minimum atomic E-state index is -0.159. The predicted octanol–water partition coefficient (Wildman–Crippen LogP) is 3.09. The molecule has 2 aliphatic heterocycles. The molecule has 0 bridgehead atoms. The maximum absolute atomic E-state index is 13.4. The number of hydrogen-bond donors (Lipinski definition) is 1. The first-order valence-electron chi connectivity index (χ1n) is 13.6. The molecule has 39 heavy (non-hydrogen) atoms. The van der Waals surface area contributed by atoms with Crippen molar-refractivity contribution in [1.82, 2.24) is 34.1 Å². The molecule has 1 aromatic carbocycles. The number of benzene rings is 1. The molecule has 5 heterocycles. The highest BCUT2D eigenvalue weighted by Gasteiger charge is 2.54. The van der Waals surface area contributed by atoms with Gasteiger partial charge in [0.25, 0.3) is 5.56 Å². The molecule has 10 heteroatoms. The van der Waals surface area contributed by atoms with Gasteiger partial charge in [-0.05, 0) is 62.8 Å². The fourth-order valence-electron chi connectivity index (χ4n) is 6.01. The number of allylic oxidation sites excluding steroid dienone is 1. The first-order valence-corrected chi connectivity index (χ1v) is 13.6. The van der Waals surface area contributed by atoms with Gasteiger partial charge in [0.2, 0.25) is 5.95 Å². The van der Waals surface area contributed by atoms with E-state index in [-0.39, 0.29) is 11.1 Å². The van der Waals surface area contributed by atoms with E-state index in [9.17, 15) is 4.79 Å². The maximum Gasteiger partial charge on any atom is 0.278 e. The molecule has 2 fully saturated rings. The van der Waals surface area contributed by atoms with E-state index in [1.165, 1.54) is 11.3 Å². The summed E-state index contributed by atoms with van der Waals surface area (Å²) in [7, 11) is 4.32. The fraction of sp³-hybridized carbons (Fsp3) is 0.379. The lowest BCUT2D eigenvalue weighted by atomic mass is 10.1. The van der Waals surface area contributed by atoms with E-state index >= 15 is 0 Å². The normalized spacial score (nSPS) is 18.6. The van der Waals surface area contributed by atoms with Gasteiger partial charge in [-0.1, -0.05) is 12.1 Å². The van der Waals surface area contributed by atoms with Crippen molar-refractivity contribution in [2.75, 3.05) is 50.5 Å². The van der Waals surface area contributed by atoms with Crippen LogP contribution in [0.3, 0.4) is 0 Å². The van der Waals surface area contributed by atoms with Crippen molar-refractivity contribution in [1.29, 1.82) is 0 Å². The van der Waals surface area contributed by atoms with E-state index in [4.69, 9.17) is 9.97 Å². The molecule has 1 saturated heterocycles. The van der Waals surface area contributed by atoms with Crippen LogP contribution in [0.5, 0.6) is 0 Å². The standard InChI is InChI=1S/C29H33N9O/c1-4-13-37-27(39)23-18-30-28(31-21-6-8-22(9-7-21)36-16-14-34(2)15-17-36)33-26(23)38(37)24-10-5-20-19-35(3)29(11-12-29)25(20)32-24/h4-10,18H,1,11-17,19H2,2-3H3,(H,30,31,33). The summed E-state index contributed by atoms with van der Waals surface area (Å²) in [5.74, 6) is 1.12. The van der Waals surface area contributed by atoms with Crippen LogP contribution >= 0.6 is 0 Å². The third-order valence-electron chi connectivity index (χ3n) is 8.45. The summed E-state index contributed by atoms with van der Waals surface area (Å²) in [6.45, 7) is 9.29. The third-order valence-corrected chi connectivity index (χ3v) is 8.45. The molecular formula is C29H33N9O. The van der Waals surface area contributed by atoms with Crippen molar-refractivity contribution in [3.63, 3.8) is 0 Å². The summed E-state index contributed by atoms with van der Waals surface area (Å²) in [5.41, 5.74) is 4.88. The van der Waals surface area contributed by atoms with E-state index in [0.717, 1.165) is 56.9 Å². The van der Waals surface area contributed by atoms with Crippen molar-refractivity contribution >= 4 is 28.4 Å². The Morgan fingerprint density at radius 3 is 2.51 bits per heavy atom. The summed E-state index contributed by atoms with van der Waals surface area (Å²) in [5, 5.41) is 3.77. The van der Waals surface area contributed by atoms with Crippen LogP contribution in [-0.2, 0) is 18.6 Å². The van der Waals surface area contributed by atoms with E-state index in [1.54, 1.807) is 17.0 Å². The second-order valence-corrected chi connectivity index (χ2v) is 10.9. The van der Waals surface area contributed by atoms with Crippen molar-refractivity contribution in [3.8, 4) is 5.82 Å². The van der Waals surface area contributed by atoms with Crippen LogP contribution in [0, 0.1) is 0 Å². The highest BCUT2D eigenvalue weighted by molar-refractivity contribution is 5.77. The zero-order valence-corrected chi connectivity index (χ0v) is 22.5. The number of hydrogen-bond acceptors (Lipinski definition) is 8. The minimum absolute atomic E-state index is 0.0375. The third kappa shape index (κ3) is 3.93. The number of anilines is 3. The number of rotatable bonds is 6. The fourth-order valence-corrected chi connectivity index (χ4v) is 6.01.